The van der Waals surface area contributed by atoms with Crippen LogP contribution < -0.4 is 10.5 Å². The van der Waals surface area contributed by atoms with E-state index >= 15 is 0 Å². The van der Waals surface area contributed by atoms with E-state index in [2.05, 4.69) is 5.32 Å². The average molecular weight is 282 g/mol. The molecule has 0 aliphatic rings. The van der Waals surface area contributed by atoms with E-state index < -0.39 is 10.0 Å². The van der Waals surface area contributed by atoms with Crippen LogP contribution in [0, 0.1) is 0 Å². The summed E-state index contributed by atoms with van der Waals surface area (Å²) >= 11 is 0. The van der Waals surface area contributed by atoms with Gasteiger partial charge in [0.2, 0.25) is 10.0 Å². The van der Waals surface area contributed by atoms with Crippen molar-refractivity contribution < 1.29 is 17.6 Å². The number of nitrogens with one attached hydrogen (secondary N) is 1. The molecule has 1 aromatic heterocycles. The molecule has 0 spiro atoms. The molecule has 1 aromatic carbocycles. The number of amides is 1. The Bertz CT molecular complexity index is 658. The van der Waals surface area contributed by atoms with Crippen molar-refractivity contribution in [3.63, 3.8) is 0 Å². The Hall–Kier alpha value is -1.86. The molecule has 2 rings (SSSR count). The van der Waals surface area contributed by atoms with Gasteiger partial charge in [-0.3, -0.25) is 4.79 Å². The van der Waals surface area contributed by atoms with Gasteiger partial charge in [0, 0.05) is 11.9 Å². The van der Waals surface area contributed by atoms with Gasteiger partial charge in [0.1, 0.15) is 5.58 Å². The predicted molar refractivity (Wildman–Crippen MR) is 71.1 cm³/mol. The molecule has 1 heterocycles. The number of nitrogens with two attached hydrogens (primary N) is 1. The lowest BCUT2D eigenvalue weighted by Gasteiger charge is -2.01. The van der Waals surface area contributed by atoms with Crippen molar-refractivity contribution in [3.8, 4) is 0 Å². The highest BCUT2D eigenvalue weighted by atomic mass is 32.2. The Labute approximate surface area is 110 Å². The summed E-state index contributed by atoms with van der Waals surface area (Å²) in [5.74, 6) is -0.324. The van der Waals surface area contributed by atoms with E-state index in [0.717, 1.165) is 5.39 Å². The van der Waals surface area contributed by atoms with E-state index in [9.17, 15) is 13.2 Å². The second-order valence-electron chi connectivity index (χ2n) is 4.12. The van der Waals surface area contributed by atoms with Gasteiger partial charge in [-0.05, 0) is 18.6 Å². The Balaban J connectivity index is 1.93. The average Bonchev–Trinajstić information content (AvgIpc) is 2.77. The van der Waals surface area contributed by atoms with Crippen molar-refractivity contribution in [3.05, 3.63) is 36.1 Å². The number of para-hydroxylation sites is 1. The maximum Gasteiger partial charge on any atom is 0.287 e. The van der Waals surface area contributed by atoms with Crippen LogP contribution in [0.25, 0.3) is 11.0 Å². The fourth-order valence-electron chi connectivity index (χ4n) is 1.66. The van der Waals surface area contributed by atoms with Crippen LogP contribution in [0.4, 0.5) is 0 Å². The molecule has 6 nitrogen and oxygen atoms in total. The fraction of sp³-hybridized carbons (Fsp3) is 0.250. The Morgan fingerprint density at radius 3 is 2.74 bits per heavy atom. The number of primary sulfonamides is 1. The summed E-state index contributed by atoms with van der Waals surface area (Å²) in [6.07, 6.45) is 0.269. The van der Waals surface area contributed by atoms with Gasteiger partial charge >= 0.3 is 0 Å². The first-order chi connectivity index (χ1) is 8.96. The zero-order valence-corrected chi connectivity index (χ0v) is 10.9. The summed E-state index contributed by atoms with van der Waals surface area (Å²) in [5.41, 5.74) is 0.636. The van der Waals surface area contributed by atoms with E-state index in [1.54, 1.807) is 12.1 Å². The molecule has 0 fully saturated rings. The van der Waals surface area contributed by atoms with Crippen molar-refractivity contribution >= 4 is 26.9 Å². The largest absolute Gasteiger partial charge is 0.451 e. The quantitative estimate of drug-likeness (QED) is 0.793. The van der Waals surface area contributed by atoms with Crippen molar-refractivity contribution in [1.82, 2.24) is 5.32 Å². The molecule has 102 valence electrons. The Morgan fingerprint density at radius 1 is 1.32 bits per heavy atom. The standard InChI is InChI=1S/C12H14N2O4S/c13-19(16,17)7-3-6-14-12(15)11-8-9-4-1-2-5-10(9)18-11/h1-2,4-5,8H,3,6-7H2,(H,14,15)(H2,13,16,17). The lowest BCUT2D eigenvalue weighted by molar-refractivity contribution is 0.0928. The highest BCUT2D eigenvalue weighted by Crippen LogP contribution is 2.18. The summed E-state index contributed by atoms with van der Waals surface area (Å²) in [7, 11) is -3.48. The number of rotatable bonds is 5. The zero-order valence-electron chi connectivity index (χ0n) is 10.1. The molecule has 0 saturated carbocycles. The smallest absolute Gasteiger partial charge is 0.287 e. The molecule has 1 amide bonds. The molecular formula is C12H14N2O4S. The van der Waals surface area contributed by atoms with Crippen LogP contribution in [0.5, 0.6) is 0 Å². The minimum absolute atomic E-state index is 0.159. The summed E-state index contributed by atoms with van der Waals surface area (Å²) in [5, 5.41) is 8.28. The first-order valence-corrected chi connectivity index (χ1v) is 7.44. The van der Waals surface area contributed by atoms with Crippen LogP contribution in [-0.4, -0.2) is 26.6 Å². The number of furan rings is 1. The van der Waals surface area contributed by atoms with Gasteiger partial charge in [-0.2, -0.15) is 0 Å². The zero-order chi connectivity index (χ0) is 13.9. The minimum atomic E-state index is -3.48. The maximum absolute atomic E-state index is 11.8. The van der Waals surface area contributed by atoms with E-state index in [0.29, 0.717) is 5.58 Å². The molecule has 2 aromatic rings. The number of hydrogen-bond donors (Lipinski definition) is 2. The van der Waals surface area contributed by atoms with Gasteiger partial charge in [0.15, 0.2) is 5.76 Å². The van der Waals surface area contributed by atoms with Crippen LogP contribution in [0.2, 0.25) is 0 Å². The summed E-state index contributed by atoms with van der Waals surface area (Å²) in [6.45, 7) is 0.228. The van der Waals surface area contributed by atoms with E-state index in [1.165, 1.54) is 0 Å². The number of carbonyl (C=O) groups is 1. The molecule has 0 bridgehead atoms. The summed E-state index contributed by atoms with van der Waals surface area (Å²) in [6, 6.07) is 8.93. The molecule has 0 aliphatic heterocycles. The van der Waals surface area contributed by atoms with Crippen LogP contribution >= 0.6 is 0 Å². The monoisotopic (exact) mass is 282 g/mol. The van der Waals surface area contributed by atoms with Crippen LogP contribution in [-0.2, 0) is 10.0 Å². The fourth-order valence-corrected chi connectivity index (χ4v) is 2.20. The number of carbonyl (C=O) groups excluding carboxylic acids is 1. The van der Waals surface area contributed by atoms with Crippen molar-refractivity contribution in [2.75, 3.05) is 12.3 Å². The Kier molecular flexibility index (Phi) is 3.87. The molecule has 0 unspecified atom stereocenters. The lowest BCUT2D eigenvalue weighted by Crippen LogP contribution is -2.27. The third-order valence-corrected chi connectivity index (χ3v) is 3.40. The normalized spacial score (nSPS) is 11.6. The number of sulfonamides is 1. The highest BCUT2D eigenvalue weighted by Gasteiger charge is 2.11. The third-order valence-electron chi connectivity index (χ3n) is 2.54. The number of hydrogen-bond acceptors (Lipinski definition) is 4. The van der Waals surface area contributed by atoms with Crippen molar-refractivity contribution in [1.29, 1.82) is 0 Å². The van der Waals surface area contributed by atoms with Crippen LogP contribution in [0.15, 0.2) is 34.7 Å². The molecular weight excluding hydrogens is 268 g/mol. The van der Waals surface area contributed by atoms with E-state index in [1.807, 2.05) is 18.2 Å². The predicted octanol–water partition coefficient (Wildman–Crippen LogP) is 0.841. The SMILES string of the molecule is NS(=O)(=O)CCCNC(=O)c1cc2ccccc2o1. The Morgan fingerprint density at radius 2 is 2.05 bits per heavy atom. The molecule has 0 saturated heterocycles. The minimum Gasteiger partial charge on any atom is -0.451 e. The van der Waals surface area contributed by atoms with Crippen LogP contribution in [0.1, 0.15) is 17.0 Å². The summed E-state index contributed by atoms with van der Waals surface area (Å²) < 4.78 is 26.8. The molecule has 0 atom stereocenters. The second-order valence-corrected chi connectivity index (χ2v) is 5.86. The van der Waals surface area contributed by atoms with Gasteiger partial charge in [-0.1, -0.05) is 18.2 Å². The topological polar surface area (TPSA) is 102 Å². The highest BCUT2D eigenvalue weighted by molar-refractivity contribution is 7.89. The molecule has 0 aliphatic carbocycles. The van der Waals surface area contributed by atoms with Gasteiger partial charge in [0.05, 0.1) is 5.75 Å². The third kappa shape index (κ3) is 3.80. The van der Waals surface area contributed by atoms with Crippen molar-refractivity contribution in [2.45, 2.75) is 6.42 Å². The summed E-state index contributed by atoms with van der Waals surface area (Å²) in [4.78, 5) is 11.8. The van der Waals surface area contributed by atoms with Crippen LogP contribution in [0.3, 0.4) is 0 Å². The first-order valence-electron chi connectivity index (χ1n) is 5.73. The number of benzene rings is 1. The first kappa shape index (κ1) is 13.6. The number of fused-ring (bicyclic) bond motifs is 1. The second kappa shape index (κ2) is 5.41. The van der Waals surface area contributed by atoms with Gasteiger partial charge in [0.25, 0.3) is 5.91 Å². The van der Waals surface area contributed by atoms with E-state index in [-0.39, 0.29) is 30.4 Å². The molecule has 0 radical (unpaired) electrons. The van der Waals surface area contributed by atoms with Gasteiger partial charge < -0.3 is 9.73 Å². The van der Waals surface area contributed by atoms with Crippen molar-refractivity contribution in [2.24, 2.45) is 5.14 Å². The van der Waals surface area contributed by atoms with Gasteiger partial charge in [-0.15, -0.1) is 0 Å². The van der Waals surface area contributed by atoms with E-state index in [4.69, 9.17) is 9.56 Å². The lowest BCUT2D eigenvalue weighted by atomic mass is 10.2. The molecule has 7 heteroatoms. The maximum atomic E-state index is 11.8. The molecule has 19 heavy (non-hydrogen) atoms. The molecule has 3 N–H and O–H groups in total. The van der Waals surface area contributed by atoms with Gasteiger partial charge in [-0.25, -0.2) is 13.6 Å².